The topological polar surface area (TPSA) is 106 Å². The maximum absolute atomic E-state index is 11.3. The molecule has 0 aromatic carbocycles. The Bertz CT molecular complexity index is 637. The Morgan fingerprint density at radius 3 is 2.76 bits per heavy atom. The molecule has 8 nitrogen and oxygen atoms in total. The Morgan fingerprint density at radius 1 is 1.43 bits per heavy atom. The molecule has 0 saturated carbocycles. The van der Waals surface area contributed by atoms with E-state index in [1.807, 2.05) is 13.8 Å². The number of aryl methyl sites for hydroxylation is 1. The van der Waals surface area contributed by atoms with Crippen molar-refractivity contribution in [1.82, 2.24) is 24.7 Å². The second-order valence-electron chi connectivity index (χ2n) is 4.96. The van der Waals surface area contributed by atoms with Crippen molar-refractivity contribution in [2.75, 3.05) is 11.9 Å². The molecule has 2 heterocycles. The van der Waals surface area contributed by atoms with Crippen molar-refractivity contribution in [3.63, 3.8) is 0 Å². The van der Waals surface area contributed by atoms with E-state index in [-0.39, 0.29) is 11.6 Å². The van der Waals surface area contributed by atoms with Gasteiger partial charge in [-0.2, -0.15) is 5.10 Å². The molecule has 2 rings (SSSR count). The monoisotopic (exact) mass is 290 g/mol. The molecule has 0 atom stereocenters. The molecule has 8 heteroatoms. The molecule has 0 unspecified atom stereocenters. The number of aromatic carboxylic acids is 1. The first-order valence-corrected chi connectivity index (χ1v) is 6.66. The normalized spacial score (nSPS) is 10.9. The number of carboxylic acids is 1. The van der Waals surface area contributed by atoms with Gasteiger partial charge in [0.15, 0.2) is 11.5 Å². The molecule has 0 aliphatic carbocycles. The van der Waals surface area contributed by atoms with E-state index in [0.717, 1.165) is 0 Å². The zero-order valence-corrected chi connectivity index (χ0v) is 12.2. The summed E-state index contributed by atoms with van der Waals surface area (Å²) in [6, 6.07) is 0. The largest absolute Gasteiger partial charge is 0.476 e. The van der Waals surface area contributed by atoms with E-state index in [1.54, 1.807) is 18.1 Å². The van der Waals surface area contributed by atoms with Gasteiger partial charge in [-0.15, -0.1) is 0 Å². The van der Waals surface area contributed by atoms with E-state index in [2.05, 4.69) is 25.4 Å². The minimum atomic E-state index is -1.07. The standard InChI is InChI=1S/C13H18N6O2/c1-8(2)12-15-6-9(11(17-12)13(20)21)14-5-4-10-16-7-19(3)18-10/h6-8,14H,4-5H2,1-3H3,(H,20,21). The molecule has 2 aromatic rings. The van der Waals surface area contributed by atoms with Crippen LogP contribution >= 0.6 is 0 Å². The van der Waals surface area contributed by atoms with E-state index >= 15 is 0 Å². The van der Waals surface area contributed by atoms with Gasteiger partial charge in [-0.25, -0.2) is 19.7 Å². The fourth-order valence-corrected chi connectivity index (χ4v) is 1.77. The van der Waals surface area contributed by atoms with Crippen LogP contribution < -0.4 is 5.32 Å². The maximum atomic E-state index is 11.3. The summed E-state index contributed by atoms with van der Waals surface area (Å²) in [6.07, 6.45) is 3.72. The minimum Gasteiger partial charge on any atom is -0.476 e. The van der Waals surface area contributed by atoms with Crippen LogP contribution in [-0.2, 0) is 13.5 Å². The zero-order chi connectivity index (χ0) is 15.4. The van der Waals surface area contributed by atoms with Gasteiger partial charge in [0.25, 0.3) is 0 Å². The number of anilines is 1. The predicted octanol–water partition coefficient (Wildman–Crippen LogP) is 1.08. The average molecular weight is 290 g/mol. The van der Waals surface area contributed by atoms with Crippen molar-refractivity contribution >= 4 is 11.7 Å². The molecule has 2 N–H and O–H groups in total. The molecule has 2 aromatic heterocycles. The van der Waals surface area contributed by atoms with Crippen LogP contribution in [0.2, 0.25) is 0 Å². The van der Waals surface area contributed by atoms with E-state index in [9.17, 15) is 9.90 Å². The molecular formula is C13H18N6O2. The van der Waals surface area contributed by atoms with Crippen LogP contribution in [0, 0.1) is 0 Å². The van der Waals surface area contributed by atoms with Crippen molar-refractivity contribution < 1.29 is 9.90 Å². The highest BCUT2D eigenvalue weighted by atomic mass is 16.4. The van der Waals surface area contributed by atoms with Crippen molar-refractivity contribution in [2.24, 2.45) is 7.05 Å². The lowest BCUT2D eigenvalue weighted by Crippen LogP contribution is -2.14. The summed E-state index contributed by atoms with van der Waals surface area (Å²) in [5.41, 5.74) is 0.394. The van der Waals surface area contributed by atoms with Crippen LogP contribution in [0.1, 0.15) is 41.9 Å². The van der Waals surface area contributed by atoms with Crippen molar-refractivity contribution in [3.8, 4) is 0 Å². The summed E-state index contributed by atoms with van der Waals surface area (Å²) in [5, 5.41) is 16.4. The second-order valence-corrected chi connectivity index (χ2v) is 4.96. The van der Waals surface area contributed by atoms with Gasteiger partial charge in [0, 0.05) is 25.9 Å². The number of hydrogen-bond acceptors (Lipinski definition) is 6. The smallest absolute Gasteiger partial charge is 0.356 e. The van der Waals surface area contributed by atoms with Crippen LogP contribution in [0.5, 0.6) is 0 Å². The highest BCUT2D eigenvalue weighted by Gasteiger charge is 2.15. The molecule has 21 heavy (non-hydrogen) atoms. The molecular weight excluding hydrogens is 272 g/mol. The van der Waals surface area contributed by atoms with Crippen LogP contribution in [-0.4, -0.2) is 42.4 Å². The Balaban J connectivity index is 2.06. The third kappa shape index (κ3) is 3.74. The lowest BCUT2D eigenvalue weighted by molar-refractivity contribution is 0.0691. The summed E-state index contributed by atoms with van der Waals surface area (Å²) < 4.78 is 1.62. The molecule has 0 bridgehead atoms. The van der Waals surface area contributed by atoms with Gasteiger partial charge in [-0.1, -0.05) is 13.8 Å². The highest BCUT2D eigenvalue weighted by molar-refractivity contribution is 5.91. The minimum absolute atomic E-state index is 0.0114. The SMILES string of the molecule is CC(C)c1ncc(NCCc2ncn(C)n2)c(C(=O)O)n1. The second kappa shape index (κ2) is 6.29. The van der Waals surface area contributed by atoms with Gasteiger partial charge >= 0.3 is 5.97 Å². The first-order valence-electron chi connectivity index (χ1n) is 6.66. The number of rotatable bonds is 6. The summed E-state index contributed by atoms with van der Waals surface area (Å²) in [7, 11) is 1.80. The number of carbonyl (C=O) groups is 1. The van der Waals surface area contributed by atoms with E-state index in [4.69, 9.17) is 0 Å². The van der Waals surface area contributed by atoms with Crippen molar-refractivity contribution in [3.05, 3.63) is 29.9 Å². The first-order chi connectivity index (χ1) is 9.97. The number of nitrogens with one attached hydrogen (secondary N) is 1. The molecule has 0 aliphatic rings. The lowest BCUT2D eigenvalue weighted by Gasteiger charge is -2.10. The van der Waals surface area contributed by atoms with E-state index in [0.29, 0.717) is 30.3 Å². The zero-order valence-electron chi connectivity index (χ0n) is 12.2. The maximum Gasteiger partial charge on any atom is 0.356 e. The van der Waals surface area contributed by atoms with Gasteiger partial charge < -0.3 is 10.4 Å². The molecule has 0 saturated heterocycles. The number of aromatic nitrogens is 5. The highest BCUT2D eigenvalue weighted by Crippen LogP contribution is 2.16. The summed E-state index contributed by atoms with van der Waals surface area (Å²) in [6.45, 7) is 4.34. The van der Waals surface area contributed by atoms with Crippen LogP contribution in [0.3, 0.4) is 0 Å². The predicted molar refractivity (Wildman–Crippen MR) is 76.3 cm³/mol. The molecule has 0 aliphatic heterocycles. The lowest BCUT2D eigenvalue weighted by atomic mass is 10.2. The third-order valence-corrected chi connectivity index (χ3v) is 2.84. The Morgan fingerprint density at radius 2 is 2.19 bits per heavy atom. The first kappa shape index (κ1) is 14.9. The molecule has 112 valence electrons. The van der Waals surface area contributed by atoms with E-state index in [1.165, 1.54) is 6.20 Å². The number of hydrogen-bond donors (Lipinski definition) is 2. The summed E-state index contributed by atoms with van der Waals surface area (Å²) >= 11 is 0. The van der Waals surface area contributed by atoms with Crippen molar-refractivity contribution in [1.29, 1.82) is 0 Å². The van der Waals surface area contributed by atoms with Gasteiger partial charge in [0.1, 0.15) is 12.2 Å². The molecule has 0 amide bonds. The fourth-order valence-electron chi connectivity index (χ4n) is 1.77. The van der Waals surface area contributed by atoms with Gasteiger partial charge in [-0.05, 0) is 0 Å². The summed E-state index contributed by atoms with van der Waals surface area (Å²) in [4.78, 5) is 23.7. The molecule has 0 fully saturated rings. The number of nitrogens with zero attached hydrogens (tertiary/aromatic N) is 5. The third-order valence-electron chi connectivity index (χ3n) is 2.84. The molecule has 0 spiro atoms. The Labute approximate surface area is 122 Å². The van der Waals surface area contributed by atoms with Crippen molar-refractivity contribution in [2.45, 2.75) is 26.2 Å². The van der Waals surface area contributed by atoms with Crippen LogP contribution in [0.25, 0.3) is 0 Å². The quantitative estimate of drug-likeness (QED) is 0.820. The Hall–Kier alpha value is -2.51. The van der Waals surface area contributed by atoms with Gasteiger partial charge in [0.05, 0.1) is 11.9 Å². The average Bonchev–Trinajstić information content (AvgIpc) is 2.84. The number of carboxylic acid groups (broad SMARTS) is 1. The van der Waals surface area contributed by atoms with E-state index < -0.39 is 5.97 Å². The van der Waals surface area contributed by atoms with Crippen LogP contribution in [0.4, 0.5) is 5.69 Å². The van der Waals surface area contributed by atoms with Gasteiger partial charge in [0.2, 0.25) is 0 Å². The Kier molecular flexibility index (Phi) is 4.46. The van der Waals surface area contributed by atoms with Gasteiger partial charge in [-0.3, -0.25) is 4.68 Å². The fraction of sp³-hybridized carbons (Fsp3) is 0.462. The molecule has 0 radical (unpaired) electrons. The van der Waals surface area contributed by atoms with Crippen LogP contribution in [0.15, 0.2) is 12.5 Å². The summed E-state index contributed by atoms with van der Waals surface area (Å²) in [5.74, 6) is 0.221.